The quantitative estimate of drug-likeness (QED) is 0.365. The summed E-state index contributed by atoms with van der Waals surface area (Å²) in [7, 11) is 1.73. The molecule has 0 radical (unpaired) electrons. The summed E-state index contributed by atoms with van der Waals surface area (Å²) in [5.74, 6) is 1.14. The Hall–Kier alpha value is -2.77. The molecule has 2 fully saturated rings. The van der Waals surface area contributed by atoms with Crippen molar-refractivity contribution in [3.05, 3.63) is 58.8 Å². The van der Waals surface area contributed by atoms with E-state index in [9.17, 15) is 14.0 Å². The number of hydrogen-bond acceptors (Lipinski definition) is 4. The van der Waals surface area contributed by atoms with Gasteiger partial charge in [-0.3, -0.25) is 19.5 Å². The third kappa shape index (κ3) is 4.87. The zero-order chi connectivity index (χ0) is 27.3. The van der Waals surface area contributed by atoms with Crippen molar-refractivity contribution >= 4 is 34.2 Å². The van der Waals surface area contributed by atoms with Crippen LogP contribution in [0.1, 0.15) is 56.5 Å². The highest BCUT2D eigenvalue weighted by Crippen LogP contribution is 2.39. The third-order valence-corrected chi connectivity index (χ3v) is 8.64. The minimum absolute atomic E-state index is 0.0269. The fourth-order valence-corrected chi connectivity index (χ4v) is 6.48. The molecule has 8 heteroatoms. The van der Waals surface area contributed by atoms with Crippen LogP contribution in [0.4, 0.5) is 4.39 Å². The summed E-state index contributed by atoms with van der Waals surface area (Å²) in [6, 6.07) is 4.76. The molecule has 3 heterocycles. The van der Waals surface area contributed by atoms with Gasteiger partial charge in [0.1, 0.15) is 11.6 Å². The number of rotatable bonds is 8. The second-order valence-electron chi connectivity index (χ2n) is 11.7. The molecule has 1 aromatic carbocycles. The maximum atomic E-state index is 14.3. The smallest absolute Gasteiger partial charge is 0.256 e. The van der Waals surface area contributed by atoms with Gasteiger partial charge in [0.05, 0.1) is 28.0 Å². The predicted molar refractivity (Wildman–Crippen MR) is 148 cm³/mol. The van der Waals surface area contributed by atoms with Crippen molar-refractivity contribution in [2.45, 2.75) is 59.0 Å². The number of likely N-dealkylation sites (tertiary alicyclic amines) is 1. The molecule has 0 unspecified atom stereocenters. The molecule has 1 saturated heterocycles. The van der Waals surface area contributed by atoms with E-state index in [2.05, 4.69) is 23.7 Å². The number of nitrogens with zero attached hydrogens (tertiary/aromatic N) is 4. The summed E-state index contributed by atoms with van der Waals surface area (Å²) in [5.41, 5.74) is 2.80. The Bertz CT molecular complexity index is 1370. The molecule has 0 spiro atoms. The SMILES string of the molecule is CC(C)[C@@H](C1CC(=O)C1)N1CC(Cc2cn(-c3ccc(F)cc3C(=O)N(C)C(C)C)c3cncc(Cl)c23)C1. The Morgan fingerprint density at radius 3 is 2.53 bits per heavy atom. The van der Waals surface area contributed by atoms with Gasteiger partial charge in [-0.1, -0.05) is 25.4 Å². The van der Waals surface area contributed by atoms with Gasteiger partial charge >= 0.3 is 0 Å². The van der Waals surface area contributed by atoms with E-state index in [0.29, 0.717) is 58.7 Å². The van der Waals surface area contributed by atoms with E-state index in [1.807, 2.05) is 24.6 Å². The Kier molecular flexibility index (Phi) is 7.35. The van der Waals surface area contributed by atoms with Crippen LogP contribution in [0.5, 0.6) is 0 Å². The van der Waals surface area contributed by atoms with Gasteiger partial charge in [0.2, 0.25) is 0 Å². The zero-order valence-corrected chi connectivity index (χ0v) is 23.5. The van der Waals surface area contributed by atoms with E-state index >= 15 is 0 Å². The highest BCUT2D eigenvalue weighted by atomic mass is 35.5. The lowest BCUT2D eigenvalue weighted by Gasteiger charge is -2.50. The molecule has 1 aliphatic heterocycles. The molecule has 0 bridgehead atoms. The van der Waals surface area contributed by atoms with Crippen molar-refractivity contribution in [1.82, 2.24) is 19.4 Å². The second-order valence-corrected chi connectivity index (χ2v) is 12.1. The Morgan fingerprint density at radius 1 is 1.18 bits per heavy atom. The van der Waals surface area contributed by atoms with Crippen LogP contribution >= 0.6 is 11.6 Å². The minimum Gasteiger partial charge on any atom is -0.339 e. The predicted octanol–water partition coefficient (Wildman–Crippen LogP) is 5.78. The maximum absolute atomic E-state index is 14.3. The number of carbonyl (C=O) groups excluding carboxylic acids is 2. The lowest BCUT2D eigenvalue weighted by Crippen LogP contribution is -2.58. The zero-order valence-electron chi connectivity index (χ0n) is 22.7. The first-order valence-electron chi connectivity index (χ1n) is 13.5. The number of pyridine rings is 1. The Labute approximate surface area is 228 Å². The van der Waals surface area contributed by atoms with Crippen molar-refractivity contribution in [2.24, 2.45) is 17.8 Å². The summed E-state index contributed by atoms with van der Waals surface area (Å²) in [6.45, 7) is 10.3. The van der Waals surface area contributed by atoms with Gasteiger partial charge in [-0.25, -0.2) is 4.39 Å². The van der Waals surface area contributed by atoms with Crippen molar-refractivity contribution in [2.75, 3.05) is 20.1 Å². The molecule has 0 N–H and O–H groups in total. The number of aromatic nitrogens is 2. The van der Waals surface area contributed by atoms with E-state index in [1.54, 1.807) is 30.4 Å². The summed E-state index contributed by atoms with van der Waals surface area (Å²) in [6.07, 6.45) is 7.70. The molecule has 202 valence electrons. The first kappa shape index (κ1) is 26.8. The average molecular weight is 539 g/mol. The molecular formula is C30H36ClFN4O2. The fraction of sp³-hybridized carbons (Fsp3) is 0.500. The summed E-state index contributed by atoms with van der Waals surface area (Å²) in [5, 5.41) is 1.49. The number of amides is 1. The van der Waals surface area contributed by atoms with Crippen LogP contribution in [0.3, 0.4) is 0 Å². The molecule has 2 aromatic heterocycles. The number of fused-ring (bicyclic) bond motifs is 1. The van der Waals surface area contributed by atoms with Gasteiger partial charge < -0.3 is 9.47 Å². The van der Waals surface area contributed by atoms with E-state index in [1.165, 1.54) is 12.1 Å². The molecule has 38 heavy (non-hydrogen) atoms. The summed E-state index contributed by atoms with van der Waals surface area (Å²) < 4.78 is 16.3. The highest BCUT2D eigenvalue weighted by Gasteiger charge is 2.42. The molecule has 3 aromatic rings. The normalized spacial score (nSPS) is 17.8. The number of halogens is 2. The second kappa shape index (κ2) is 10.4. The molecule has 5 rings (SSSR count). The van der Waals surface area contributed by atoms with E-state index in [-0.39, 0.29) is 11.9 Å². The Balaban J connectivity index is 1.45. The first-order chi connectivity index (χ1) is 18.0. The third-order valence-electron chi connectivity index (χ3n) is 8.35. The average Bonchev–Trinajstić information content (AvgIpc) is 3.19. The fourth-order valence-electron chi connectivity index (χ4n) is 6.21. The van der Waals surface area contributed by atoms with Gasteiger partial charge in [-0.05, 0) is 61.8 Å². The van der Waals surface area contributed by atoms with Crippen LogP contribution in [0.15, 0.2) is 36.8 Å². The molecule has 2 aliphatic rings. The van der Waals surface area contributed by atoms with Crippen molar-refractivity contribution < 1.29 is 14.0 Å². The molecule has 6 nitrogen and oxygen atoms in total. The van der Waals surface area contributed by atoms with Crippen LogP contribution < -0.4 is 0 Å². The molecule has 1 atom stereocenters. The number of hydrogen-bond donors (Lipinski definition) is 0. The standard InChI is InChI=1S/C30H36ClFN4O2/c1-17(2)29(20-9-23(37)10-20)35-14-19(15-35)8-21-16-36(27-13-33-12-25(31)28(21)27)26-7-6-22(32)11-24(26)30(38)34(5)18(3)4/h6-7,11-13,16-20,29H,8-10,14-15H2,1-5H3/t29-/m0/s1. The monoisotopic (exact) mass is 538 g/mol. The van der Waals surface area contributed by atoms with Gasteiger partial charge in [0.25, 0.3) is 5.91 Å². The van der Waals surface area contributed by atoms with Gasteiger partial charge in [0, 0.05) is 62.8 Å². The number of benzene rings is 1. The number of Topliss-reactive ketones (excluding diaryl/α,β-unsaturated/α-hetero) is 1. The lowest BCUT2D eigenvalue weighted by atomic mass is 9.72. The van der Waals surface area contributed by atoms with Crippen LogP contribution in [-0.2, 0) is 11.2 Å². The Morgan fingerprint density at radius 2 is 1.89 bits per heavy atom. The van der Waals surface area contributed by atoms with Crippen molar-refractivity contribution in [3.8, 4) is 5.69 Å². The molecule has 1 aliphatic carbocycles. The van der Waals surface area contributed by atoms with E-state index < -0.39 is 5.82 Å². The number of carbonyl (C=O) groups is 2. The first-order valence-corrected chi connectivity index (χ1v) is 13.9. The van der Waals surface area contributed by atoms with Crippen molar-refractivity contribution in [1.29, 1.82) is 0 Å². The number of ketones is 1. The largest absolute Gasteiger partial charge is 0.339 e. The van der Waals surface area contributed by atoms with Crippen LogP contribution in [0.25, 0.3) is 16.6 Å². The summed E-state index contributed by atoms with van der Waals surface area (Å²) in [4.78, 5) is 33.4. The van der Waals surface area contributed by atoms with Gasteiger partial charge in [-0.2, -0.15) is 0 Å². The van der Waals surface area contributed by atoms with Crippen LogP contribution in [0.2, 0.25) is 5.02 Å². The topological polar surface area (TPSA) is 58.4 Å². The highest BCUT2D eigenvalue weighted by molar-refractivity contribution is 6.35. The molecular weight excluding hydrogens is 503 g/mol. The van der Waals surface area contributed by atoms with Gasteiger partial charge in [-0.15, -0.1) is 0 Å². The molecule has 1 amide bonds. The molecule has 1 saturated carbocycles. The maximum Gasteiger partial charge on any atom is 0.256 e. The van der Waals surface area contributed by atoms with Crippen molar-refractivity contribution in [3.63, 3.8) is 0 Å². The van der Waals surface area contributed by atoms with E-state index in [0.717, 1.165) is 36.0 Å². The lowest BCUT2D eigenvalue weighted by molar-refractivity contribution is -0.131. The van der Waals surface area contributed by atoms with Crippen LogP contribution in [0, 0.1) is 23.6 Å². The summed E-state index contributed by atoms with van der Waals surface area (Å²) >= 11 is 6.68. The van der Waals surface area contributed by atoms with Crippen LogP contribution in [-0.4, -0.2) is 63.3 Å². The van der Waals surface area contributed by atoms with Gasteiger partial charge in [0.15, 0.2) is 0 Å². The minimum atomic E-state index is -0.454. The van der Waals surface area contributed by atoms with E-state index in [4.69, 9.17) is 11.6 Å².